The quantitative estimate of drug-likeness (QED) is 0.841. The Morgan fingerprint density at radius 2 is 2.00 bits per heavy atom. The highest BCUT2D eigenvalue weighted by atomic mass is 32.2. The van der Waals surface area contributed by atoms with Crippen LogP contribution in [0.25, 0.3) is 0 Å². The second-order valence-electron chi connectivity index (χ2n) is 5.85. The molecule has 23 heavy (non-hydrogen) atoms. The molecular weight excluding hydrogens is 312 g/mol. The molecule has 120 valence electrons. The first-order valence-electron chi connectivity index (χ1n) is 7.52. The second-order valence-corrected chi connectivity index (χ2v) is 8.08. The van der Waals surface area contributed by atoms with Gasteiger partial charge in [0.25, 0.3) is 0 Å². The van der Waals surface area contributed by atoms with E-state index in [1.807, 2.05) is 24.3 Å². The molecule has 0 spiro atoms. The van der Waals surface area contributed by atoms with Gasteiger partial charge in [-0.05, 0) is 36.2 Å². The molecule has 1 unspecified atom stereocenters. The molecule has 1 aliphatic heterocycles. The Morgan fingerprint density at radius 1 is 1.22 bits per heavy atom. The zero-order valence-electron chi connectivity index (χ0n) is 12.7. The van der Waals surface area contributed by atoms with Crippen molar-refractivity contribution in [2.24, 2.45) is 0 Å². The average Bonchev–Trinajstić information content (AvgIpc) is 3.16. The van der Waals surface area contributed by atoms with E-state index in [4.69, 9.17) is 9.68 Å². The predicted molar refractivity (Wildman–Crippen MR) is 86.2 cm³/mol. The molecule has 1 aromatic carbocycles. The summed E-state index contributed by atoms with van der Waals surface area (Å²) in [6.07, 6.45) is 2.28. The van der Waals surface area contributed by atoms with Gasteiger partial charge >= 0.3 is 0 Å². The fourth-order valence-corrected chi connectivity index (χ4v) is 4.66. The van der Waals surface area contributed by atoms with Gasteiger partial charge in [0, 0.05) is 12.6 Å². The number of nitriles is 1. The molecule has 1 aromatic heterocycles. The fourth-order valence-electron chi connectivity index (χ4n) is 2.90. The van der Waals surface area contributed by atoms with Gasteiger partial charge in [0.05, 0.1) is 35.9 Å². The van der Waals surface area contributed by atoms with Crippen molar-refractivity contribution in [2.45, 2.75) is 25.6 Å². The molecule has 0 saturated carbocycles. The molecule has 5 nitrogen and oxygen atoms in total. The lowest BCUT2D eigenvalue weighted by molar-refractivity contribution is 0.179. The molecule has 6 heteroatoms. The summed E-state index contributed by atoms with van der Waals surface area (Å²) in [5.74, 6) is 1.27. The molecule has 0 amide bonds. The van der Waals surface area contributed by atoms with Crippen LogP contribution in [0.4, 0.5) is 0 Å². The number of hydrogen-bond donors (Lipinski definition) is 0. The summed E-state index contributed by atoms with van der Waals surface area (Å²) in [4.78, 5) is 2.14. The summed E-state index contributed by atoms with van der Waals surface area (Å²) in [5.41, 5.74) is 1.68. The van der Waals surface area contributed by atoms with Crippen molar-refractivity contribution in [1.82, 2.24) is 4.90 Å². The van der Waals surface area contributed by atoms with E-state index in [0.29, 0.717) is 25.1 Å². The Labute approximate surface area is 136 Å². The van der Waals surface area contributed by atoms with Crippen LogP contribution in [-0.2, 0) is 22.9 Å². The molecule has 1 aliphatic rings. The monoisotopic (exact) mass is 330 g/mol. The highest BCUT2D eigenvalue weighted by Crippen LogP contribution is 2.22. The molecule has 0 radical (unpaired) electrons. The minimum absolute atomic E-state index is 0.000688. The summed E-state index contributed by atoms with van der Waals surface area (Å²) in [7, 11) is -2.94. The molecule has 1 saturated heterocycles. The van der Waals surface area contributed by atoms with E-state index >= 15 is 0 Å². The topological polar surface area (TPSA) is 74.3 Å². The number of hydrogen-bond acceptors (Lipinski definition) is 5. The molecule has 0 bridgehead atoms. The van der Waals surface area contributed by atoms with Crippen LogP contribution in [-0.4, -0.2) is 30.9 Å². The summed E-state index contributed by atoms with van der Waals surface area (Å²) < 4.78 is 29.0. The summed E-state index contributed by atoms with van der Waals surface area (Å²) in [5, 5.41) is 8.87. The third-order valence-electron chi connectivity index (χ3n) is 4.13. The predicted octanol–water partition coefficient (Wildman–Crippen LogP) is 2.34. The SMILES string of the molecule is N#Cc1ccc(CN(Cc2ccco2)C2CCS(=O)(=O)C2)cc1. The second kappa shape index (κ2) is 6.57. The first-order valence-corrected chi connectivity index (χ1v) is 9.34. The molecule has 1 fully saturated rings. The zero-order chi connectivity index (χ0) is 16.3. The maximum Gasteiger partial charge on any atom is 0.151 e. The van der Waals surface area contributed by atoms with Crippen molar-refractivity contribution in [3.05, 3.63) is 59.5 Å². The van der Waals surface area contributed by atoms with E-state index in [0.717, 1.165) is 11.3 Å². The van der Waals surface area contributed by atoms with Crippen LogP contribution in [0.2, 0.25) is 0 Å². The van der Waals surface area contributed by atoms with E-state index in [1.54, 1.807) is 18.4 Å². The fraction of sp³-hybridized carbons (Fsp3) is 0.353. The van der Waals surface area contributed by atoms with Gasteiger partial charge in [-0.1, -0.05) is 12.1 Å². The number of benzene rings is 1. The van der Waals surface area contributed by atoms with Crippen LogP contribution in [0, 0.1) is 11.3 Å². The first-order chi connectivity index (χ1) is 11.1. The largest absolute Gasteiger partial charge is 0.468 e. The zero-order valence-corrected chi connectivity index (χ0v) is 13.5. The van der Waals surface area contributed by atoms with Crippen LogP contribution in [0.5, 0.6) is 0 Å². The lowest BCUT2D eigenvalue weighted by Crippen LogP contribution is -2.35. The molecular formula is C17H18N2O3S. The summed E-state index contributed by atoms with van der Waals surface area (Å²) in [6.45, 7) is 1.21. The standard InChI is InChI=1S/C17H18N2O3S/c18-10-14-3-5-15(6-4-14)11-19(12-17-2-1-8-22-17)16-7-9-23(20,21)13-16/h1-6,8,16H,7,9,11-13H2. The van der Waals surface area contributed by atoms with E-state index in [-0.39, 0.29) is 17.5 Å². The summed E-state index contributed by atoms with van der Waals surface area (Å²) in [6, 6.07) is 13.2. The van der Waals surface area contributed by atoms with Gasteiger partial charge in [0.15, 0.2) is 9.84 Å². The third-order valence-corrected chi connectivity index (χ3v) is 5.88. The van der Waals surface area contributed by atoms with Crippen molar-refractivity contribution in [3.8, 4) is 6.07 Å². The van der Waals surface area contributed by atoms with Gasteiger partial charge in [-0.3, -0.25) is 4.90 Å². The van der Waals surface area contributed by atoms with Crippen molar-refractivity contribution >= 4 is 9.84 Å². The van der Waals surface area contributed by atoms with Crippen LogP contribution in [0.1, 0.15) is 23.3 Å². The Balaban J connectivity index is 1.78. The Bertz CT molecular complexity index is 789. The van der Waals surface area contributed by atoms with Gasteiger partial charge in [-0.2, -0.15) is 5.26 Å². The minimum atomic E-state index is -2.94. The van der Waals surface area contributed by atoms with Crippen LogP contribution < -0.4 is 0 Å². The Morgan fingerprint density at radius 3 is 2.57 bits per heavy atom. The smallest absolute Gasteiger partial charge is 0.151 e. The van der Waals surface area contributed by atoms with E-state index < -0.39 is 9.84 Å². The van der Waals surface area contributed by atoms with Gasteiger partial charge in [0.1, 0.15) is 5.76 Å². The number of rotatable bonds is 5. The van der Waals surface area contributed by atoms with Crippen LogP contribution in [0.3, 0.4) is 0 Å². The highest BCUT2D eigenvalue weighted by molar-refractivity contribution is 7.91. The number of nitrogens with zero attached hydrogens (tertiary/aromatic N) is 2. The van der Waals surface area contributed by atoms with E-state index in [1.165, 1.54) is 0 Å². The first kappa shape index (κ1) is 15.8. The van der Waals surface area contributed by atoms with Gasteiger partial charge in [-0.25, -0.2) is 8.42 Å². The molecule has 0 N–H and O–H groups in total. The lowest BCUT2D eigenvalue weighted by atomic mass is 10.1. The van der Waals surface area contributed by atoms with Crippen molar-refractivity contribution in [3.63, 3.8) is 0 Å². The van der Waals surface area contributed by atoms with Crippen LogP contribution in [0.15, 0.2) is 47.1 Å². The molecule has 2 heterocycles. The van der Waals surface area contributed by atoms with Crippen molar-refractivity contribution < 1.29 is 12.8 Å². The highest BCUT2D eigenvalue weighted by Gasteiger charge is 2.32. The number of furan rings is 1. The number of sulfone groups is 1. The lowest BCUT2D eigenvalue weighted by Gasteiger charge is -2.27. The molecule has 3 rings (SSSR count). The van der Waals surface area contributed by atoms with Crippen molar-refractivity contribution in [1.29, 1.82) is 5.26 Å². The Hall–Kier alpha value is -2.10. The van der Waals surface area contributed by atoms with E-state index in [2.05, 4.69) is 11.0 Å². The maximum atomic E-state index is 11.8. The normalized spacial score (nSPS) is 19.7. The third kappa shape index (κ3) is 4.01. The maximum absolute atomic E-state index is 11.8. The van der Waals surface area contributed by atoms with Gasteiger partial charge < -0.3 is 4.42 Å². The Kier molecular flexibility index (Phi) is 4.51. The van der Waals surface area contributed by atoms with E-state index in [9.17, 15) is 8.42 Å². The van der Waals surface area contributed by atoms with Gasteiger partial charge in [-0.15, -0.1) is 0 Å². The molecule has 0 aliphatic carbocycles. The van der Waals surface area contributed by atoms with Gasteiger partial charge in [0.2, 0.25) is 0 Å². The molecule has 2 aromatic rings. The average molecular weight is 330 g/mol. The minimum Gasteiger partial charge on any atom is -0.468 e. The molecule has 1 atom stereocenters. The summed E-state index contributed by atoms with van der Waals surface area (Å²) >= 11 is 0. The van der Waals surface area contributed by atoms with Crippen molar-refractivity contribution in [2.75, 3.05) is 11.5 Å². The van der Waals surface area contributed by atoms with Crippen LogP contribution >= 0.6 is 0 Å².